The fraction of sp³-hybridized carbons (Fsp3) is 0.438. The summed E-state index contributed by atoms with van der Waals surface area (Å²) in [5.74, 6) is 0. The standard InChI is InChI=1S/C16H22N4O2S/c1-12-8-13(2)20(19-12)15-5-3-4-14(9-15)10-18-23(21,22)16-6-7-17-11-16/h3-5,8-9,16-18H,6-7,10-11H2,1-2H3. The zero-order valence-corrected chi connectivity index (χ0v) is 14.2. The molecular formula is C16H22N4O2S. The number of nitrogens with one attached hydrogen (secondary N) is 2. The lowest BCUT2D eigenvalue weighted by molar-refractivity contribution is 0.567. The number of hydrogen-bond acceptors (Lipinski definition) is 4. The highest BCUT2D eigenvalue weighted by atomic mass is 32.2. The molecule has 1 aromatic carbocycles. The molecule has 1 aromatic heterocycles. The van der Waals surface area contributed by atoms with E-state index in [1.165, 1.54) is 0 Å². The van der Waals surface area contributed by atoms with Crippen LogP contribution < -0.4 is 10.0 Å². The molecule has 1 unspecified atom stereocenters. The van der Waals surface area contributed by atoms with Gasteiger partial charge < -0.3 is 5.32 Å². The van der Waals surface area contributed by atoms with Gasteiger partial charge in [-0.25, -0.2) is 17.8 Å². The molecule has 0 bridgehead atoms. The number of rotatable bonds is 5. The van der Waals surface area contributed by atoms with Gasteiger partial charge in [0.2, 0.25) is 10.0 Å². The minimum absolute atomic E-state index is 0.298. The zero-order valence-electron chi connectivity index (χ0n) is 13.4. The molecule has 0 saturated carbocycles. The molecular weight excluding hydrogens is 312 g/mol. The second-order valence-corrected chi connectivity index (χ2v) is 8.04. The number of sulfonamides is 1. The van der Waals surface area contributed by atoms with Crippen molar-refractivity contribution in [2.75, 3.05) is 13.1 Å². The fourth-order valence-electron chi connectivity index (χ4n) is 2.88. The van der Waals surface area contributed by atoms with E-state index in [0.717, 1.165) is 29.2 Å². The lowest BCUT2D eigenvalue weighted by atomic mass is 10.2. The first-order valence-corrected chi connectivity index (χ1v) is 9.32. The van der Waals surface area contributed by atoms with Crippen molar-refractivity contribution in [3.63, 3.8) is 0 Å². The average molecular weight is 334 g/mol. The van der Waals surface area contributed by atoms with E-state index in [9.17, 15) is 8.42 Å². The van der Waals surface area contributed by atoms with E-state index in [2.05, 4.69) is 15.1 Å². The van der Waals surface area contributed by atoms with Crippen LogP contribution in [-0.4, -0.2) is 36.5 Å². The molecule has 1 fully saturated rings. The van der Waals surface area contributed by atoms with Crippen LogP contribution in [0.15, 0.2) is 30.3 Å². The second-order valence-electron chi connectivity index (χ2n) is 5.99. The van der Waals surface area contributed by atoms with Crippen LogP contribution in [0.25, 0.3) is 5.69 Å². The van der Waals surface area contributed by atoms with Gasteiger partial charge in [-0.05, 0) is 50.6 Å². The summed E-state index contributed by atoms with van der Waals surface area (Å²) in [4.78, 5) is 0. The molecule has 23 heavy (non-hydrogen) atoms. The first-order chi connectivity index (χ1) is 11.0. The van der Waals surface area contributed by atoms with Crippen LogP contribution in [-0.2, 0) is 16.6 Å². The first-order valence-electron chi connectivity index (χ1n) is 7.77. The maximum Gasteiger partial charge on any atom is 0.216 e. The summed E-state index contributed by atoms with van der Waals surface area (Å²) >= 11 is 0. The maximum absolute atomic E-state index is 12.2. The van der Waals surface area contributed by atoms with Gasteiger partial charge in [0.05, 0.1) is 16.6 Å². The van der Waals surface area contributed by atoms with Gasteiger partial charge in [-0.1, -0.05) is 12.1 Å². The third kappa shape index (κ3) is 3.63. The first kappa shape index (κ1) is 16.2. The number of benzene rings is 1. The van der Waals surface area contributed by atoms with Gasteiger partial charge in [-0.2, -0.15) is 5.10 Å². The van der Waals surface area contributed by atoms with E-state index in [1.807, 2.05) is 48.9 Å². The monoisotopic (exact) mass is 334 g/mol. The van der Waals surface area contributed by atoms with E-state index in [-0.39, 0.29) is 5.25 Å². The Labute approximate surface area is 137 Å². The molecule has 3 rings (SSSR count). The third-order valence-corrected chi connectivity index (χ3v) is 5.92. The molecule has 124 valence electrons. The molecule has 0 aliphatic carbocycles. The fourth-order valence-corrected chi connectivity index (χ4v) is 4.25. The molecule has 0 spiro atoms. The van der Waals surface area contributed by atoms with Crippen LogP contribution in [0.4, 0.5) is 0 Å². The van der Waals surface area contributed by atoms with Crippen LogP contribution in [0.5, 0.6) is 0 Å². The van der Waals surface area contributed by atoms with Crippen molar-refractivity contribution in [1.82, 2.24) is 19.8 Å². The summed E-state index contributed by atoms with van der Waals surface area (Å²) in [6.07, 6.45) is 0.668. The Balaban J connectivity index is 1.74. The Hall–Kier alpha value is -1.70. The van der Waals surface area contributed by atoms with Crippen molar-refractivity contribution in [3.05, 3.63) is 47.3 Å². The van der Waals surface area contributed by atoms with Gasteiger partial charge in [0.15, 0.2) is 0 Å². The Morgan fingerprint density at radius 1 is 1.35 bits per heavy atom. The Morgan fingerprint density at radius 3 is 2.83 bits per heavy atom. The van der Waals surface area contributed by atoms with E-state index in [1.54, 1.807) is 0 Å². The molecule has 2 aromatic rings. The average Bonchev–Trinajstić information content (AvgIpc) is 3.16. The lowest BCUT2D eigenvalue weighted by Crippen LogP contribution is -2.35. The van der Waals surface area contributed by atoms with Gasteiger partial charge in [0.25, 0.3) is 0 Å². The van der Waals surface area contributed by atoms with Crippen molar-refractivity contribution in [3.8, 4) is 5.69 Å². The van der Waals surface area contributed by atoms with E-state index in [0.29, 0.717) is 19.5 Å². The van der Waals surface area contributed by atoms with Crippen LogP contribution >= 0.6 is 0 Å². The molecule has 6 nitrogen and oxygen atoms in total. The second kappa shape index (κ2) is 6.43. The van der Waals surface area contributed by atoms with Crippen LogP contribution in [0.1, 0.15) is 23.4 Å². The van der Waals surface area contributed by atoms with Crippen molar-refractivity contribution >= 4 is 10.0 Å². The molecule has 1 atom stereocenters. The zero-order chi connectivity index (χ0) is 16.4. The van der Waals surface area contributed by atoms with Crippen molar-refractivity contribution in [2.45, 2.75) is 32.1 Å². The van der Waals surface area contributed by atoms with Gasteiger partial charge in [0.1, 0.15) is 0 Å². The highest BCUT2D eigenvalue weighted by Gasteiger charge is 2.28. The molecule has 2 heterocycles. The summed E-state index contributed by atoms with van der Waals surface area (Å²) in [5.41, 5.74) is 3.87. The molecule has 1 aliphatic rings. The summed E-state index contributed by atoms with van der Waals surface area (Å²) in [7, 11) is -3.27. The summed E-state index contributed by atoms with van der Waals surface area (Å²) in [6.45, 7) is 5.55. The largest absolute Gasteiger partial charge is 0.315 e. The van der Waals surface area contributed by atoms with Gasteiger partial charge in [-0.3, -0.25) is 0 Å². The molecule has 2 N–H and O–H groups in total. The molecule has 1 aliphatic heterocycles. The summed E-state index contributed by atoms with van der Waals surface area (Å²) < 4.78 is 29.1. The topological polar surface area (TPSA) is 76.0 Å². The van der Waals surface area contributed by atoms with Crippen molar-refractivity contribution in [2.24, 2.45) is 0 Å². The van der Waals surface area contributed by atoms with Gasteiger partial charge >= 0.3 is 0 Å². The number of hydrogen-bond donors (Lipinski definition) is 2. The quantitative estimate of drug-likeness (QED) is 0.863. The van der Waals surface area contributed by atoms with Crippen LogP contribution in [0.3, 0.4) is 0 Å². The van der Waals surface area contributed by atoms with Crippen molar-refractivity contribution < 1.29 is 8.42 Å². The highest BCUT2D eigenvalue weighted by Crippen LogP contribution is 2.15. The van der Waals surface area contributed by atoms with E-state index >= 15 is 0 Å². The molecule has 0 radical (unpaired) electrons. The maximum atomic E-state index is 12.2. The predicted octanol–water partition coefficient (Wildman–Crippen LogP) is 1.27. The molecule has 1 saturated heterocycles. The Kier molecular flexibility index (Phi) is 4.52. The Morgan fingerprint density at radius 2 is 2.17 bits per heavy atom. The number of aromatic nitrogens is 2. The molecule has 7 heteroatoms. The third-order valence-electron chi connectivity index (χ3n) is 4.10. The number of nitrogens with zero attached hydrogens (tertiary/aromatic N) is 2. The number of aryl methyl sites for hydroxylation is 2. The van der Waals surface area contributed by atoms with Gasteiger partial charge in [-0.15, -0.1) is 0 Å². The van der Waals surface area contributed by atoms with Crippen LogP contribution in [0.2, 0.25) is 0 Å². The predicted molar refractivity (Wildman–Crippen MR) is 90.1 cm³/mol. The molecule has 0 amide bonds. The van der Waals surface area contributed by atoms with E-state index in [4.69, 9.17) is 0 Å². The van der Waals surface area contributed by atoms with Crippen LogP contribution in [0, 0.1) is 13.8 Å². The van der Waals surface area contributed by atoms with Gasteiger partial charge in [0, 0.05) is 18.8 Å². The van der Waals surface area contributed by atoms with E-state index < -0.39 is 10.0 Å². The minimum atomic E-state index is -3.27. The SMILES string of the molecule is Cc1cc(C)n(-c2cccc(CNS(=O)(=O)C3CCNC3)c2)n1. The lowest BCUT2D eigenvalue weighted by Gasteiger charge is -2.12. The minimum Gasteiger partial charge on any atom is -0.315 e. The Bertz CT molecular complexity index is 792. The smallest absolute Gasteiger partial charge is 0.216 e. The summed E-state index contributed by atoms with van der Waals surface area (Å²) in [6, 6.07) is 9.80. The van der Waals surface area contributed by atoms with Crippen molar-refractivity contribution in [1.29, 1.82) is 0 Å². The summed E-state index contributed by atoms with van der Waals surface area (Å²) in [5, 5.41) is 7.22. The normalized spacial score (nSPS) is 18.4. The highest BCUT2D eigenvalue weighted by molar-refractivity contribution is 7.90.